The molecule has 2 radical (unpaired) electrons. The quantitative estimate of drug-likeness (QED) is 0.321. The maximum absolute atomic E-state index is 7.46. The SMILES string of the molecule is CC(C)(C)[NH-].Cl.Cl.[CH2-]CO.[CH3-].[Si]=[Ti].c1ccc2c(c1)[cH-]c1ccccc12. The van der Waals surface area contributed by atoms with Gasteiger partial charge in [0.25, 0.3) is 0 Å². The monoisotopic (exact) mass is 445 g/mol. The molecule has 3 aromatic carbocycles. The number of rotatable bonds is 0. The molecular formula is C20H29Cl2NOSiTi-4. The summed E-state index contributed by atoms with van der Waals surface area (Å²) in [7, 11) is 2.97. The third-order valence-corrected chi connectivity index (χ3v) is 2.52. The maximum Gasteiger partial charge on any atom is -0.0771 e. The van der Waals surface area contributed by atoms with Crippen molar-refractivity contribution in [3.63, 3.8) is 0 Å². The van der Waals surface area contributed by atoms with E-state index in [1.54, 1.807) is 19.2 Å². The van der Waals surface area contributed by atoms with Crippen LogP contribution in [0.4, 0.5) is 0 Å². The second-order valence-electron chi connectivity index (χ2n) is 5.79. The predicted molar refractivity (Wildman–Crippen MR) is 120 cm³/mol. The molecule has 0 aliphatic rings. The Hall–Kier alpha value is -0.259. The van der Waals surface area contributed by atoms with E-state index in [9.17, 15) is 0 Å². The van der Waals surface area contributed by atoms with Gasteiger partial charge < -0.3 is 25.2 Å². The van der Waals surface area contributed by atoms with Crippen LogP contribution in [0.1, 0.15) is 20.8 Å². The number of aliphatic hydroxyl groups is 1. The van der Waals surface area contributed by atoms with Gasteiger partial charge in [0.15, 0.2) is 0 Å². The zero-order valence-corrected chi connectivity index (χ0v) is 20.1. The van der Waals surface area contributed by atoms with Gasteiger partial charge in [0.05, 0.1) is 0 Å². The molecule has 0 bridgehead atoms. The van der Waals surface area contributed by atoms with Crippen molar-refractivity contribution in [2.45, 2.75) is 26.3 Å². The smallest absolute Gasteiger partial charge is 0.0771 e. The van der Waals surface area contributed by atoms with Crippen molar-refractivity contribution in [3.05, 3.63) is 74.7 Å². The molecule has 6 heteroatoms. The Morgan fingerprint density at radius 2 is 1.19 bits per heavy atom. The van der Waals surface area contributed by atoms with Crippen LogP contribution in [0.25, 0.3) is 27.3 Å². The summed E-state index contributed by atoms with van der Waals surface area (Å²) in [6, 6.07) is 19.3. The fourth-order valence-corrected chi connectivity index (χ4v) is 1.90. The second kappa shape index (κ2) is 18.1. The molecule has 0 spiro atoms. The van der Waals surface area contributed by atoms with Crippen LogP contribution >= 0.6 is 24.8 Å². The molecule has 26 heavy (non-hydrogen) atoms. The summed E-state index contributed by atoms with van der Waals surface area (Å²) >= 11 is 1.81. The van der Waals surface area contributed by atoms with E-state index >= 15 is 0 Å². The first-order valence-electron chi connectivity index (χ1n) is 7.30. The van der Waals surface area contributed by atoms with Crippen molar-refractivity contribution in [1.82, 2.24) is 0 Å². The molecule has 0 unspecified atom stereocenters. The van der Waals surface area contributed by atoms with Gasteiger partial charge >= 0.3 is 26.8 Å². The topological polar surface area (TPSA) is 44.0 Å². The first-order valence-corrected chi connectivity index (χ1v) is 10.1. The van der Waals surface area contributed by atoms with Gasteiger partial charge in [-0.2, -0.15) is 0 Å². The fraction of sp³-hybridized carbons (Fsp3) is 0.250. The number of halogens is 2. The summed E-state index contributed by atoms with van der Waals surface area (Å²) < 4.78 is 0. The van der Waals surface area contributed by atoms with Gasteiger partial charge in [-0.15, -0.1) is 70.1 Å². The van der Waals surface area contributed by atoms with Crippen molar-refractivity contribution in [3.8, 4) is 0 Å². The molecule has 3 rings (SSSR count). The minimum atomic E-state index is -0.250. The molecule has 0 aliphatic heterocycles. The second-order valence-corrected chi connectivity index (χ2v) is 5.79. The van der Waals surface area contributed by atoms with E-state index in [2.05, 4.69) is 69.2 Å². The third-order valence-electron chi connectivity index (χ3n) is 2.52. The molecule has 2 nitrogen and oxygen atoms in total. The summed E-state index contributed by atoms with van der Waals surface area (Å²) in [6.45, 7) is 8.60. The maximum atomic E-state index is 7.46. The Bertz CT molecular complexity index is 642. The predicted octanol–water partition coefficient (Wildman–Crippen LogP) is 6.27. The molecule has 0 atom stereocenters. The van der Waals surface area contributed by atoms with Gasteiger partial charge in [0, 0.05) is 0 Å². The number of hydrogen-bond donors (Lipinski definition) is 1. The average Bonchev–Trinajstić information content (AvgIpc) is 2.87. The van der Waals surface area contributed by atoms with E-state index in [4.69, 9.17) is 10.8 Å². The Morgan fingerprint density at radius 3 is 1.46 bits per heavy atom. The Labute approximate surface area is 185 Å². The number of aliphatic hydroxyl groups excluding tert-OH is 1. The van der Waals surface area contributed by atoms with Gasteiger partial charge in [-0.1, -0.05) is 63.8 Å². The zero-order chi connectivity index (χ0) is 17.9. The van der Waals surface area contributed by atoms with Crippen molar-refractivity contribution >= 4 is 54.0 Å². The minimum absolute atomic E-state index is 0. The van der Waals surface area contributed by atoms with E-state index in [0.717, 1.165) is 0 Å². The minimum Gasteiger partial charge on any atom is -0.126 e. The zero-order valence-electron chi connectivity index (χ0n) is 15.9. The van der Waals surface area contributed by atoms with Crippen LogP contribution < -0.4 is 0 Å². The Balaban J connectivity index is -0.000000162. The summed E-state index contributed by atoms with van der Waals surface area (Å²) in [5, 5.41) is 12.9. The van der Waals surface area contributed by atoms with Gasteiger partial charge in [0.2, 0.25) is 0 Å². The largest absolute Gasteiger partial charge is 0.126 e. The Kier molecular flexibility index (Phi) is 23.2. The number of nitrogens with one attached hydrogen (secondary N) is 1. The van der Waals surface area contributed by atoms with E-state index in [0.29, 0.717) is 0 Å². The van der Waals surface area contributed by atoms with E-state index < -0.39 is 0 Å². The molecule has 2 N–H and O–H groups in total. The van der Waals surface area contributed by atoms with Crippen LogP contribution in [0.2, 0.25) is 0 Å². The standard InChI is InChI=1S/C13H9.C4H10N.C2H5O.CH3.2ClH.Si.Ti/c1-3-7-12-10(5-1)9-11-6-2-4-8-13(11)12;1-4(2,3)5;1-2-3;;;;;/h1-9H;5H,1-3H3;3H,1-2H2;1H3;2*1H;;/q4*-1;;;;. The van der Waals surface area contributed by atoms with Gasteiger partial charge in [-0.05, 0) is 0 Å². The van der Waals surface area contributed by atoms with Crippen LogP contribution in [0.15, 0.2) is 54.6 Å². The third kappa shape index (κ3) is 13.9. The number of hydrogen-bond acceptors (Lipinski definition) is 1. The summed E-state index contributed by atoms with van der Waals surface area (Å²) in [5.41, 5.74) is 6.69. The van der Waals surface area contributed by atoms with E-state index in [-0.39, 0.29) is 44.4 Å². The summed E-state index contributed by atoms with van der Waals surface area (Å²) in [5.74, 6) is 0. The van der Waals surface area contributed by atoms with Crippen molar-refractivity contribution in [1.29, 1.82) is 0 Å². The van der Waals surface area contributed by atoms with Crippen LogP contribution in [0, 0.1) is 14.4 Å². The summed E-state index contributed by atoms with van der Waals surface area (Å²) in [4.78, 5) is 0. The van der Waals surface area contributed by atoms with Crippen LogP contribution in [-0.4, -0.2) is 24.9 Å². The normalized spacial score (nSPS) is 8.65. The van der Waals surface area contributed by atoms with E-state index in [1.807, 2.05) is 20.8 Å². The van der Waals surface area contributed by atoms with Gasteiger partial charge in [-0.3, -0.25) is 0 Å². The molecule has 0 aliphatic carbocycles. The van der Waals surface area contributed by atoms with Crippen LogP contribution in [0.5, 0.6) is 0 Å². The van der Waals surface area contributed by atoms with Crippen LogP contribution in [0.3, 0.4) is 0 Å². The molecule has 0 amide bonds. The average molecular weight is 446 g/mol. The molecule has 146 valence electrons. The first kappa shape index (κ1) is 33.3. The molecule has 3 aromatic rings. The molecule has 0 saturated carbocycles. The Morgan fingerprint density at radius 1 is 0.962 bits per heavy atom. The van der Waals surface area contributed by atoms with Crippen LogP contribution in [-0.2, 0) is 19.2 Å². The van der Waals surface area contributed by atoms with Gasteiger partial charge in [-0.25, -0.2) is 0 Å². The van der Waals surface area contributed by atoms with Crippen molar-refractivity contribution in [2.24, 2.45) is 0 Å². The van der Waals surface area contributed by atoms with Crippen molar-refractivity contribution in [2.75, 3.05) is 6.61 Å². The number of benzene rings is 2. The summed E-state index contributed by atoms with van der Waals surface area (Å²) in [6.07, 6.45) is 0. The van der Waals surface area contributed by atoms with Crippen molar-refractivity contribution < 1.29 is 24.3 Å². The molecular weight excluding hydrogens is 417 g/mol. The molecule has 0 heterocycles. The molecule has 0 saturated heterocycles. The number of fused-ring (bicyclic) bond motifs is 3. The molecule has 0 aromatic heterocycles. The fourth-order valence-electron chi connectivity index (χ4n) is 1.90. The first-order chi connectivity index (χ1) is 10.9. The molecule has 0 fully saturated rings. The van der Waals surface area contributed by atoms with Gasteiger partial charge in [0.1, 0.15) is 0 Å². The van der Waals surface area contributed by atoms with E-state index in [1.165, 1.54) is 21.5 Å².